The zero-order valence-electron chi connectivity index (χ0n) is 11.6. The summed E-state index contributed by atoms with van der Waals surface area (Å²) >= 11 is 5.84. The van der Waals surface area contributed by atoms with Gasteiger partial charge in [-0.25, -0.2) is 13.4 Å². The van der Waals surface area contributed by atoms with Crippen molar-refractivity contribution in [2.45, 2.75) is 37.6 Å². The topological polar surface area (TPSA) is 70.5 Å². The second-order valence-corrected chi connectivity index (χ2v) is 7.58. The zero-order chi connectivity index (χ0) is 14.9. The Kier molecular flexibility index (Phi) is 4.69. The molecule has 2 heterocycles. The van der Waals surface area contributed by atoms with Crippen molar-refractivity contribution in [3.05, 3.63) is 23.0 Å². The lowest BCUT2D eigenvalue weighted by Gasteiger charge is -2.36. The quantitative estimate of drug-likeness (QED) is 0.863. The van der Waals surface area contributed by atoms with Crippen LogP contribution < -0.4 is 0 Å². The molecule has 1 aromatic heterocycles. The van der Waals surface area contributed by atoms with Crippen LogP contribution in [0.1, 0.15) is 25.3 Å². The van der Waals surface area contributed by atoms with Crippen molar-refractivity contribution >= 4 is 21.6 Å². The average molecular weight is 319 g/mol. The number of sulfonamides is 1. The number of aryl methyl sites for hydroxylation is 1. The Bertz CT molecular complexity index is 591. The molecule has 1 saturated heterocycles. The van der Waals surface area contributed by atoms with Gasteiger partial charge in [0.1, 0.15) is 10.0 Å². The molecular formula is C13H19ClN2O3S. The normalized spacial score (nSPS) is 24.8. The molecule has 1 aliphatic heterocycles. The summed E-state index contributed by atoms with van der Waals surface area (Å²) in [7, 11) is -3.59. The standard InChI is InChI=1S/C13H19ClN2O3S/c1-9-5-12(6-15-13(9)14)20(18,19)16-7-11(8-17)4-3-10(16)2/h5-6,10-11,17H,3-4,7-8H2,1-2H3. The van der Waals surface area contributed by atoms with Crippen molar-refractivity contribution in [3.8, 4) is 0 Å². The fourth-order valence-electron chi connectivity index (χ4n) is 2.44. The van der Waals surface area contributed by atoms with E-state index in [4.69, 9.17) is 11.6 Å². The average Bonchev–Trinajstić information content (AvgIpc) is 2.42. The zero-order valence-corrected chi connectivity index (χ0v) is 13.2. The predicted octanol–water partition coefficient (Wildman–Crippen LogP) is 1.82. The number of aliphatic hydroxyl groups is 1. The van der Waals surface area contributed by atoms with Gasteiger partial charge in [0.15, 0.2) is 0 Å². The molecule has 20 heavy (non-hydrogen) atoms. The van der Waals surface area contributed by atoms with Crippen LogP contribution >= 0.6 is 11.6 Å². The molecule has 2 rings (SSSR count). The molecule has 0 aromatic carbocycles. The number of hydrogen-bond acceptors (Lipinski definition) is 4. The number of piperidine rings is 1. The summed E-state index contributed by atoms with van der Waals surface area (Å²) in [4.78, 5) is 4.07. The molecule has 112 valence electrons. The number of hydrogen-bond donors (Lipinski definition) is 1. The maximum atomic E-state index is 12.7. The van der Waals surface area contributed by atoms with E-state index in [-0.39, 0.29) is 23.5 Å². The third-order valence-corrected chi connectivity index (χ3v) is 6.12. The van der Waals surface area contributed by atoms with Crippen LogP contribution in [0.15, 0.2) is 17.2 Å². The highest BCUT2D eigenvalue weighted by molar-refractivity contribution is 7.89. The second-order valence-electron chi connectivity index (χ2n) is 5.33. The first-order valence-corrected chi connectivity index (χ1v) is 8.43. The Morgan fingerprint density at radius 2 is 2.20 bits per heavy atom. The van der Waals surface area contributed by atoms with Gasteiger partial charge in [0.05, 0.1) is 0 Å². The number of aromatic nitrogens is 1. The molecule has 1 aliphatic rings. The molecule has 0 bridgehead atoms. The van der Waals surface area contributed by atoms with E-state index in [1.165, 1.54) is 10.5 Å². The number of halogens is 1. The minimum Gasteiger partial charge on any atom is -0.396 e. The Morgan fingerprint density at radius 1 is 1.50 bits per heavy atom. The van der Waals surface area contributed by atoms with Gasteiger partial charge in [-0.15, -0.1) is 0 Å². The Hall–Kier alpha value is -0.690. The summed E-state index contributed by atoms with van der Waals surface area (Å²) in [5.41, 5.74) is 0.635. The van der Waals surface area contributed by atoms with Crippen molar-refractivity contribution in [1.29, 1.82) is 0 Å². The van der Waals surface area contributed by atoms with Gasteiger partial charge in [-0.1, -0.05) is 11.6 Å². The molecule has 0 saturated carbocycles. The highest BCUT2D eigenvalue weighted by atomic mass is 35.5. The molecule has 0 aliphatic carbocycles. The van der Waals surface area contributed by atoms with Crippen molar-refractivity contribution in [1.82, 2.24) is 9.29 Å². The molecule has 0 spiro atoms. The highest BCUT2D eigenvalue weighted by Gasteiger charge is 2.34. The van der Waals surface area contributed by atoms with Crippen LogP contribution in [-0.2, 0) is 10.0 Å². The Labute approximate surface area is 124 Å². The summed E-state index contributed by atoms with van der Waals surface area (Å²) in [5, 5.41) is 9.57. The van der Waals surface area contributed by atoms with Crippen LogP contribution in [0.25, 0.3) is 0 Å². The van der Waals surface area contributed by atoms with Crippen LogP contribution in [0.4, 0.5) is 0 Å². The minimum absolute atomic E-state index is 0.00216. The van der Waals surface area contributed by atoms with E-state index in [1.807, 2.05) is 6.92 Å². The fraction of sp³-hybridized carbons (Fsp3) is 0.615. The third kappa shape index (κ3) is 2.98. The molecule has 1 aromatic rings. The molecule has 1 fully saturated rings. The van der Waals surface area contributed by atoms with Crippen LogP contribution in [0, 0.1) is 12.8 Å². The number of pyridine rings is 1. The van der Waals surface area contributed by atoms with Crippen molar-refractivity contribution in [2.75, 3.05) is 13.2 Å². The number of aliphatic hydroxyl groups excluding tert-OH is 1. The molecule has 7 heteroatoms. The van der Waals surface area contributed by atoms with Crippen molar-refractivity contribution in [3.63, 3.8) is 0 Å². The largest absolute Gasteiger partial charge is 0.396 e. The van der Waals surface area contributed by atoms with E-state index in [0.29, 0.717) is 17.3 Å². The van der Waals surface area contributed by atoms with Gasteiger partial charge >= 0.3 is 0 Å². The van der Waals surface area contributed by atoms with Gasteiger partial charge < -0.3 is 5.11 Å². The molecular weight excluding hydrogens is 300 g/mol. The highest BCUT2D eigenvalue weighted by Crippen LogP contribution is 2.28. The third-order valence-electron chi connectivity index (χ3n) is 3.78. The molecule has 1 N–H and O–H groups in total. The summed E-state index contributed by atoms with van der Waals surface area (Å²) in [6.45, 7) is 3.98. The predicted molar refractivity (Wildman–Crippen MR) is 77.1 cm³/mol. The van der Waals surface area contributed by atoms with Crippen LogP contribution in [-0.4, -0.2) is 42.0 Å². The second kappa shape index (κ2) is 5.97. The van der Waals surface area contributed by atoms with E-state index < -0.39 is 10.0 Å². The lowest BCUT2D eigenvalue weighted by atomic mass is 9.96. The summed E-state index contributed by atoms with van der Waals surface area (Å²) in [6.07, 6.45) is 2.89. The van der Waals surface area contributed by atoms with Crippen molar-refractivity contribution in [2.24, 2.45) is 5.92 Å². The monoisotopic (exact) mass is 318 g/mol. The van der Waals surface area contributed by atoms with Crippen molar-refractivity contribution < 1.29 is 13.5 Å². The SMILES string of the molecule is Cc1cc(S(=O)(=O)N2CC(CO)CCC2C)cnc1Cl. The lowest BCUT2D eigenvalue weighted by Crippen LogP contribution is -2.46. The first-order chi connectivity index (χ1) is 9.36. The van der Waals surface area contributed by atoms with Gasteiger partial charge in [-0.3, -0.25) is 0 Å². The van der Waals surface area contributed by atoms with Gasteiger partial charge in [0.2, 0.25) is 10.0 Å². The summed E-state index contributed by atoms with van der Waals surface area (Å²) in [6, 6.07) is 1.47. The molecule has 0 radical (unpaired) electrons. The van der Waals surface area contributed by atoms with E-state index >= 15 is 0 Å². The minimum atomic E-state index is -3.59. The van der Waals surface area contributed by atoms with Gasteiger partial charge in [0.25, 0.3) is 0 Å². The molecule has 5 nitrogen and oxygen atoms in total. The first kappa shape index (κ1) is 15.7. The van der Waals surface area contributed by atoms with Gasteiger partial charge in [-0.2, -0.15) is 4.31 Å². The summed E-state index contributed by atoms with van der Waals surface area (Å²) in [5.74, 6) is 0.00216. The van der Waals surface area contributed by atoms with Gasteiger partial charge in [0, 0.05) is 25.4 Å². The maximum Gasteiger partial charge on any atom is 0.244 e. The van der Waals surface area contributed by atoms with E-state index in [1.54, 1.807) is 13.0 Å². The van der Waals surface area contributed by atoms with Crippen LogP contribution in [0.3, 0.4) is 0 Å². The molecule has 2 atom stereocenters. The van der Waals surface area contributed by atoms with E-state index in [0.717, 1.165) is 12.8 Å². The van der Waals surface area contributed by atoms with Crippen LogP contribution in [0.5, 0.6) is 0 Å². The number of rotatable bonds is 3. The van der Waals surface area contributed by atoms with E-state index in [2.05, 4.69) is 4.98 Å². The molecule has 2 unspecified atom stereocenters. The van der Waals surface area contributed by atoms with Crippen LogP contribution in [0.2, 0.25) is 5.15 Å². The fourth-order valence-corrected chi connectivity index (χ4v) is 4.31. The number of nitrogens with zero attached hydrogens (tertiary/aromatic N) is 2. The first-order valence-electron chi connectivity index (χ1n) is 6.61. The molecule has 0 amide bonds. The summed E-state index contributed by atoms with van der Waals surface area (Å²) < 4.78 is 26.8. The smallest absolute Gasteiger partial charge is 0.244 e. The van der Waals surface area contributed by atoms with Gasteiger partial charge in [-0.05, 0) is 44.2 Å². The van der Waals surface area contributed by atoms with E-state index in [9.17, 15) is 13.5 Å². The maximum absolute atomic E-state index is 12.7. The Morgan fingerprint density at radius 3 is 2.80 bits per heavy atom. The lowest BCUT2D eigenvalue weighted by molar-refractivity contribution is 0.139. The Balaban J connectivity index is 2.35.